The molecule has 0 aliphatic carbocycles. The summed E-state index contributed by atoms with van der Waals surface area (Å²) >= 11 is 1.27. The van der Waals surface area contributed by atoms with Gasteiger partial charge in [-0.05, 0) is 47.7 Å². The Labute approximate surface area is 225 Å². The quantitative estimate of drug-likeness (QED) is 0.144. The highest BCUT2D eigenvalue weighted by molar-refractivity contribution is 7.99. The molecular formula is C28H29N5O4S. The molecule has 1 aromatic heterocycles. The topological polar surface area (TPSA) is 112 Å². The van der Waals surface area contributed by atoms with Crippen molar-refractivity contribution in [2.45, 2.75) is 45.0 Å². The Morgan fingerprint density at radius 2 is 1.82 bits per heavy atom. The summed E-state index contributed by atoms with van der Waals surface area (Å²) in [6.45, 7) is 7.06. The zero-order valence-corrected chi connectivity index (χ0v) is 22.3. The Bertz CT molecular complexity index is 1400. The van der Waals surface area contributed by atoms with E-state index in [9.17, 15) is 14.9 Å². The van der Waals surface area contributed by atoms with E-state index >= 15 is 0 Å². The van der Waals surface area contributed by atoms with Gasteiger partial charge in [0.15, 0.2) is 11.0 Å². The van der Waals surface area contributed by atoms with Crippen molar-refractivity contribution in [3.05, 3.63) is 105 Å². The van der Waals surface area contributed by atoms with Crippen molar-refractivity contribution in [2.75, 3.05) is 11.1 Å². The van der Waals surface area contributed by atoms with Gasteiger partial charge in [-0.15, -0.1) is 10.2 Å². The average Bonchev–Trinajstić information content (AvgIpc) is 3.28. The van der Waals surface area contributed by atoms with Crippen LogP contribution < -0.4 is 10.1 Å². The molecule has 10 heteroatoms. The number of nitro groups is 1. The average molecular weight is 532 g/mol. The maximum absolute atomic E-state index is 12.6. The van der Waals surface area contributed by atoms with E-state index in [0.29, 0.717) is 29.1 Å². The molecule has 38 heavy (non-hydrogen) atoms. The van der Waals surface area contributed by atoms with E-state index in [0.717, 1.165) is 22.4 Å². The summed E-state index contributed by atoms with van der Waals surface area (Å²) in [6, 6.07) is 21.9. The Morgan fingerprint density at radius 3 is 2.50 bits per heavy atom. The van der Waals surface area contributed by atoms with Crippen molar-refractivity contribution in [2.24, 2.45) is 0 Å². The van der Waals surface area contributed by atoms with E-state index in [1.54, 1.807) is 0 Å². The normalized spacial score (nSPS) is 10.9. The van der Waals surface area contributed by atoms with Gasteiger partial charge in [0.1, 0.15) is 12.4 Å². The minimum absolute atomic E-state index is 0.0349. The number of non-ortho nitro benzene ring substituents is 1. The Hall–Kier alpha value is -4.18. The molecule has 0 spiro atoms. The second kappa shape index (κ2) is 12.4. The van der Waals surface area contributed by atoms with Gasteiger partial charge in [-0.1, -0.05) is 68.1 Å². The number of nitro benzene ring substituents is 1. The number of hydrogen-bond acceptors (Lipinski definition) is 7. The van der Waals surface area contributed by atoms with Crippen LogP contribution in [0.25, 0.3) is 0 Å². The first-order valence-electron chi connectivity index (χ1n) is 12.2. The van der Waals surface area contributed by atoms with E-state index in [2.05, 4.69) is 41.5 Å². The molecule has 0 saturated carbocycles. The molecule has 9 nitrogen and oxygen atoms in total. The van der Waals surface area contributed by atoms with E-state index in [1.165, 1.54) is 36.0 Å². The van der Waals surface area contributed by atoms with E-state index in [-0.39, 0.29) is 24.0 Å². The fraction of sp³-hybridized carbons (Fsp3) is 0.250. The third-order valence-electron chi connectivity index (χ3n) is 5.82. The summed E-state index contributed by atoms with van der Waals surface area (Å²) in [5.74, 6) is 1.64. The SMILES string of the molecule is Cc1ccc(C(C)C)c(OCc2nnc(SCC(=O)Nc3ccc([N+](=O)[O-])cc3)n2Cc2ccccc2)c1. The van der Waals surface area contributed by atoms with Gasteiger partial charge in [-0.3, -0.25) is 19.5 Å². The lowest BCUT2D eigenvalue weighted by atomic mass is 10.0. The van der Waals surface area contributed by atoms with E-state index in [1.807, 2.05) is 47.9 Å². The van der Waals surface area contributed by atoms with Gasteiger partial charge in [0, 0.05) is 17.8 Å². The molecule has 4 aromatic rings. The van der Waals surface area contributed by atoms with Crippen LogP contribution in [0.4, 0.5) is 11.4 Å². The lowest BCUT2D eigenvalue weighted by molar-refractivity contribution is -0.384. The standard InChI is InChI=1S/C28H29N5O4S/c1-19(2)24-14-9-20(3)15-25(24)37-17-26-30-31-28(32(26)16-21-7-5-4-6-8-21)38-18-27(34)29-22-10-12-23(13-11-22)33(35)36/h4-15,19H,16-18H2,1-3H3,(H,29,34). The number of carbonyl (C=O) groups excluding carboxylic acids is 1. The second-order valence-electron chi connectivity index (χ2n) is 9.10. The van der Waals surface area contributed by atoms with Crippen LogP contribution in [-0.4, -0.2) is 31.3 Å². The lowest BCUT2D eigenvalue weighted by Crippen LogP contribution is -2.15. The van der Waals surface area contributed by atoms with Crippen molar-refractivity contribution in [3.8, 4) is 5.75 Å². The number of nitrogens with one attached hydrogen (secondary N) is 1. The largest absolute Gasteiger partial charge is 0.485 e. The van der Waals surface area contributed by atoms with Crippen LogP contribution in [0.5, 0.6) is 5.75 Å². The number of benzene rings is 3. The molecule has 0 fully saturated rings. The molecule has 0 aliphatic rings. The molecule has 0 unspecified atom stereocenters. The number of rotatable bonds is 11. The number of hydrogen-bond donors (Lipinski definition) is 1. The summed E-state index contributed by atoms with van der Waals surface area (Å²) in [7, 11) is 0. The van der Waals surface area contributed by atoms with Crippen molar-refractivity contribution in [1.82, 2.24) is 14.8 Å². The van der Waals surface area contributed by atoms with Gasteiger partial charge >= 0.3 is 0 Å². The maximum atomic E-state index is 12.6. The summed E-state index contributed by atoms with van der Waals surface area (Å²) in [5.41, 5.74) is 3.77. The molecular weight excluding hydrogens is 502 g/mol. The fourth-order valence-corrected chi connectivity index (χ4v) is 4.59. The zero-order chi connectivity index (χ0) is 27.1. The molecule has 0 atom stereocenters. The molecule has 4 rings (SSSR count). The minimum Gasteiger partial charge on any atom is -0.485 e. The molecule has 1 N–H and O–H groups in total. The Morgan fingerprint density at radius 1 is 1.08 bits per heavy atom. The molecule has 1 heterocycles. The molecule has 0 saturated heterocycles. The Kier molecular flexibility index (Phi) is 8.75. The summed E-state index contributed by atoms with van der Waals surface area (Å²) in [4.78, 5) is 22.9. The van der Waals surface area contributed by atoms with Crippen LogP contribution in [0, 0.1) is 17.0 Å². The highest BCUT2D eigenvalue weighted by Gasteiger charge is 2.17. The third-order valence-corrected chi connectivity index (χ3v) is 6.79. The third kappa shape index (κ3) is 6.98. The summed E-state index contributed by atoms with van der Waals surface area (Å²) < 4.78 is 8.19. The van der Waals surface area contributed by atoms with E-state index in [4.69, 9.17) is 4.74 Å². The number of anilines is 1. The first-order valence-corrected chi connectivity index (χ1v) is 13.1. The smallest absolute Gasteiger partial charge is 0.269 e. The van der Waals surface area contributed by atoms with E-state index < -0.39 is 4.92 Å². The minimum atomic E-state index is -0.481. The molecule has 196 valence electrons. The van der Waals surface area contributed by atoms with Crippen LogP contribution in [0.3, 0.4) is 0 Å². The maximum Gasteiger partial charge on any atom is 0.269 e. The van der Waals surface area contributed by atoms with Crippen LogP contribution in [0.15, 0.2) is 78.0 Å². The first-order chi connectivity index (χ1) is 18.3. The Balaban J connectivity index is 1.48. The van der Waals surface area contributed by atoms with Gasteiger partial charge in [0.25, 0.3) is 5.69 Å². The number of ether oxygens (including phenoxy) is 1. The number of aryl methyl sites for hydroxylation is 1. The number of aromatic nitrogens is 3. The van der Waals surface area contributed by atoms with Gasteiger partial charge in [-0.25, -0.2) is 0 Å². The molecule has 0 radical (unpaired) electrons. The monoisotopic (exact) mass is 531 g/mol. The van der Waals surface area contributed by atoms with Crippen LogP contribution in [0.2, 0.25) is 0 Å². The number of thioether (sulfide) groups is 1. The van der Waals surface area contributed by atoms with Gasteiger partial charge in [-0.2, -0.15) is 0 Å². The summed E-state index contributed by atoms with van der Waals surface area (Å²) in [6.07, 6.45) is 0. The summed E-state index contributed by atoms with van der Waals surface area (Å²) in [5, 5.41) is 22.9. The van der Waals surface area contributed by atoms with Crippen LogP contribution in [-0.2, 0) is 17.9 Å². The molecule has 3 aromatic carbocycles. The van der Waals surface area contributed by atoms with Crippen molar-refractivity contribution in [3.63, 3.8) is 0 Å². The number of amides is 1. The molecule has 0 bridgehead atoms. The van der Waals surface area contributed by atoms with Crippen LogP contribution >= 0.6 is 11.8 Å². The van der Waals surface area contributed by atoms with Crippen molar-refractivity contribution >= 4 is 29.0 Å². The molecule has 1 amide bonds. The predicted molar refractivity (Wildman–Crippen MR) is 148 cm³/mol. The van der Waals surface area contributed by atoms with Crippen LogP contribution in [0.1, 0.15) is 42.3 Å². The van der Waals surface area contributed by atoms with Gasteiger partial charge in [0.05, 0.1) is 17.2 Å². The lowest BCUT2D eigenvalue weighted by Gasteiger charge is -2.15. The highest BCUT2D eigenvalue weighted by atomic mass is 32.2. The highest BCUT2D eigenvalue weighted by Crippen LogP contribution is 2.29. The fourth-order valence-electron chi connectivity index (χ4n) is 3.84. The second-order valence-corrected chi connectivity index (χ2v) is 10.0. The number of carbonyl (C=O) groups is 1. The van der Waals surface area contributed by atoms with Gasteiger partial charge < -0.3 is 10.1 Å². The first kappa shape index (κ1) is 26.9. The van der Waals surface area contributed by atoms with Crippen molar-refractivity contribution in [1.29, 1.82) is 0 Å². The number of nitrogens with zero attached hydrogens (tertiary/aromatic N) is 4. The van der Waals surface area contributed by atoms with Gasteiger partial charge in [0.2, 0.25) is 5.91 Å². The predicted octanol–water partition coefficient (Wildman–Crippen LogP) is 5.98. The molecule has 0 aliphatic heterocycles. The zero-order valence-electron chi connectivity index (χ0n) is 21.5. The van der Waals surface area contributed by atoms with Crippen molar-refractivity contribution < 1.29 is 14.5 Å².